The van der Waals surface area contributed by atoms with Gasteiger partial charge in [-0.2, -0.15) is 13.2 Å². The number of carbonyl (C=O) groups excluding carboxylic acids is 1. The van der Waals surface area contributed by atoms with E-state index in [-0.39, 0.29) is 27.7 Å². The molecule has 0 aromatic heterocycles. The molecular weight excluding hydrogens is 500 g/mol. The van der Waals surface area contributed by atoms with Crippen molar-refractivity contribution in [3.8, 4) is 5.75 Å². The highest BCUT2D eigenvalue weighted by Gasteiger charge is 2.40. The Hall–Kier alpha value is -3.66. The van der Waals surface area contributed by atoms with Crippen molar-refractivity contribution < 1.29 is 27.1 Å². The number of ether oxygens (including phenoxy) is 1. The summed E-state index contributed by atoms with van der Waals surface area (Å²) in [6.07, 6.45) is -4.88. The molecule has 2 heterocycles. The lowest BCUT2D eigenvalue weighted by Crippen LogP contribution is -2.32. The number of rotatable bonds is 4. The molecule has 3 aromatic rings. The fraction of sp³-hybridized carbons (Fsp3) is 0.240. The number of benzene rings is 3. The molecule has 1 atom stereocenters. The maximum absolute atomic E-state index is 14.3. The summed E-state index contributed by atoms with van der Waals surface area (Å²) in [5.74, 6) is -1.02. The molecule has 3 aromatic carbocycles. The Kier molecular flexibility index (Phi) is 5.66. The second kappa shape index (κ2) is 8.48. The molecule has 2 aliphatic heterocycles. The molecule has 1 unspecified atom stereocenters. The van der Waals surface area contributed by atoms with Crippen molar-refractivity contribution in [3.63, 3.8) is 0 Å². The van der Waals surface area contributed by atoms with Crippen LogP contribution in [0.15, 0.2) is 48.5 Å². The Balaban J connectivity index is 1.49. The largest absolute Gasteiger partial charge is 0.486 e. The van der Waals surface area contributed by atoms with Gasteiger partial charge < -0.3 is 26.0 Å². The third kappa shape index (κ3) is 4.37. The molecule has 1 amide bonds. The van der Waals surface area contributed by atoms with Crippen molar-refractivity contribution in [2.75, 3.05) is 21.3 Å². The molecule has 5 rings (SSSR count). The van der Waals surface area contributed by atoms with Gasteiger partial charge in [-0.25, -0.2) is 4.39 Å². The van der Waals surface area contributed by atoms with Gasteiger partial charge >= 0.3 is 6.18 Å². The van der Waals surface area contributed by atoms with Gasteiger partial charge in [0.2, 0.25) is 0 Å². The van der Waals surface area contributed by atoms with Gasteiger partial charge in [-0.1, -0.05) is 29.8 Å². The summed E-state index contributed by atoms with van der Waals surface area (Å²) in [6.45, 7) is 3.69. The van der Waals surface area contributed by atoms with E-state index in [2.05, 4.69) is 21.3 Å². The highest BCUT2D eigenvalue weighted by atomic mass is 35.5. The number of halogens is 5. The molecule has 188 valence electrons. The van der Waals surface area contributed by atoms with Crippen molar-refractivity contribution in [3.05, 3.63) is 76.1 Å². The first-order valence-corrected chi connectivity index (χ1v) is 11.4. The number of fused-ring (bicyclic) bond motifs is 3. The first-order chi connectivity index (χ1) is 16.9. The van der Waals surface area contributed by atoms with Crippen LogP contribution in [0.25, 0.3) is 0 Å². The van der Waals surface area contributed by atoms with Gasteiger partial charge in [-0.15, -0.1) is 0 Å². The first-order valence-electron chi connectivity index (χ1n) is 11.0. The lowest BCUT2D eigenvalue weighted by molar-refractivity contribution is -0.136. The lowest BCUT2D eigenvalue weighted by atomic mass is 9.97. The number of para-hydroxylation sites is 2. The molecule has 4 N–H and O–H groups in total. The van der Waals surface area contributed by atoms with Gasteiger partial charge in [0, 0.05) is 12.0 Å². The van der Waals surface area contributed by atoms with Crippen molar-refractivity contribution >= 4 is 40.3 Å². The summed E-state index contributed by atoms with van der Waals surface area (Å²) in [7, 11) is 0. The number of hydrogen-bond donors (Lipinski definition) is 4. The fourth-order valence-electron chi connectivity index (χ4n) is 4.41. The van der Waals surface area contributed by atoms with Crippen LogP contribution in [0.3, 0.4) is 0 Å². The predicted octanol–water partition coefficient (Wildman–Crippen LogP) is 6.70. The van der Waals surface area contributed by atoms with Gasteiger partial charge in [0.05, 0.1) is 38.9 Å². The lowest BCUT2D eigenvalue weighted by Gasteiger charge is -2.19. The maximum Gasteiger partial charge on any atom is 0.418 e. The fourth-order valence-corrected chi connectivity index (χ4v) is 4.63. The van der Waals surface area contributed by atoms with Crippen LogP contribution in [0, 0.1) is 5.82 Å². The number of carbonyl (C=O) groups is 1. The van der Waals surface area contributed by atoms with Crippen LogP contribution in [-0.2, 0) is 12.6 Å². The molecule has 11 heteroatoms. The monoisotopic (exact) mass is 520 g/mol. The Morgan fingerprint density at radius 3 is 2.61 bits per heavy atom. The van der Waals surface area contributed by atoms with Crippen LogP contribution in [-0.4, -0.2) is 17.8 Å². The van der Waals surface area contributed by atoms with Gasteiger partial charge in [0.25, 0.3) is 5.91 Å². The average Bonchev–Trinajstić information content (AvgIpc) is 3.34. The molecular formula is C25H21ClF4N4O2. The van der Waals surface area contributed by atoms with Crippen LogP contribution in [0.5, 0.6) is 5.75 Å². The summed E-state index contributed by atoms with van der Waals surface area (Å²) < 4.78 is 60.7. The molecule has 0 saturated carbocycles. The smallest absolute Gasteiger partial charge is 0.418 e. The molecule has 0 radical (unpaired) electrons. The third-order valence-corrected chi connectivity index (χ3v) is 6.24. The zero-order valence-corrected chi connectivity index (χ0v) is 19.9. The van der Waals surface area contributed by atoms with Crippen LogP contribution >= 0.6 is 11.6 Å². The number of anilines is 4. The van der Waals surface area contributed by atoms with Gasteiger partial charge in [0.15, 0.2) is 6.29 Å². The minimum Gasteiger partial charge on any atom is -0.486 e. The van der Waals surface area contributed by atoms with Crippen molar-refractivity contribution in [1.29, 1.82) is 0 Å². The Morgan fingerprint density at radius 2 is 1.89 bits per heavy atom. The normalized spacial score (nSPS) is 17.4. The number of hydrogen-bond acceptors (Lipinski definition) is 5. The quantitative estimate of drug-likeness (QED) is 0.288. The number of nitrogens with one attached hydrogen (secondary N) is 4. The van der Waals surface area contributed by atoms with E-state index in [1.54, 1.807) is 6.07 Å². The molecule has 6 nitrogen and oxygen atoms in total. The van der Waals surface area contributed by atoms with Crippen LogP contribution in [0.4, 0.5) is 40.3 Å². The summed E-state index contributed by atoms with van der Waals surface area (Å²) in [6, 6.07) is 10.6. The third-order valence-electron chi connectivity index (χ3n) is 5.92. The average molecular weight is 521 g/mol. The molecule has 0 bridgehead atoms. The first kappa shape index (κ1) is 24.1. The van der Waals surface area contributed by atoms with Crippen molar-refractivity contribution in [1.82, 2.24) is 0 Å². The minimum absolute atomic E-state index is 0.0742. The van der Waals surface area contributed by atoms with Crippen LogP contribution < -0.4 is 26.0 Å². The Bertz CT molecular complexity index is 1360. The van der Waals surface area contributed by atoms with Crippen LogP contribution in [0.1, 0.15) is 35.3 Å². The molecule has 0 fully saturated rings. The minimum atomic E-state index is -4.64. The summed E-state index contributed by atoms with van der Waals surface area (Å²) in [4.78, 5) is 13.2. The Labute approximate surface area is 209 Å². The van der Waals surface area contributed by atoms with Gasteiger partial charge in [-0.3, -0.25) is 4.79 Å². The summed E-state index contributed by atoms with van der Waals surface area (Å²) >= 11 is 6.13. The number of amides is 1. The molecule has 0 saturated heterocycles. The van der Waals surface area contributed by atoms with E-state index < -0.39 is 35.4 Å². The SMILES string of the molecule is CC1(C)Cc2c3c(cc(C(=O)Nc4ccccc4C(F)(F)F)c2O1)NC(Nc1c(F)cccc1Cl)N3. The molecule has 36 heavy (non-hydrogen) atoms. The highest BCUT2D eigenvalue weighted by molar-refractivity contribution is 6.33. The molecule has 2 aliphatic rings. The van der Waals surface area contributed by atoms with E-state index in [1.807, 2.05) is 13.8 Å². The van der Waals surface area contributed by atoms with Gasteiger partial charge in [-0.05, 0) is 44.2 Å². The van der Waals surface area contributed by atoms with Crippen molar-refractivity contribution in [2.45, 2.75) is 38.3 Å². The number of alkyl halides is 3. The molecule has 0 spiro atoms. The van der Waals surface area contributed by atoms with E-state index >= 15 is 0 Å². The van der Waals surface area contributed by atoms with E-state index in [4.69, 9.17) is 16.3 Å². The summed E-state index contributed by atoms with van der Waals surface area (Å²) in [5, 5.41) is 11.9. The van der Waals surface area contributed by atoms with Gasteiger partial charge in [0.1, 0.15) is 17.2 Å². The predicted molar refractivity (Wildman–Crippen MR) is 130 cm³/mol. The topological polar surface area (TPSA) is 74.4 Å². The molecule has 0 aliphatic carbocycles. The van der Waals surface area contributed by atoms with Crippen LogP contribution in [0.2, 0.25) is 5.02 Å². The second-order valence-corrected chi connectivity index (χ2v) is 9.56. The van der Waals surface area contributed by atoms with E-state index in [9.17, 15) is 22.4 Å². The highest BCUT2D eigenvalue weighted by Crippen LogP contribution is 2.48. The zero-order valence-electron chi connectivity index (χ0n) is 19.1. The zero-order chi connectivity index (χ0) is 25.8. The second-order valence-electron chi connectivity index (χ2n) is 9.15. The van der Waals surface area contributed by atoms with E-state index in [1.165, 1.54) is 36.4 Å². The summed E-state index contributed by atoms with van der Waals surface area (Å²) in [5.41, 5.74) is 0.0326. The standard InChI is InChI=1S/C25H21ClF4N4O2/c1-24(2)11-13-19-18(32-23(33-19)34-20-15(26)7-5-8-16(20)27)10-12(21(13)36-24)22(35)31-17-9-4-3-6-14(17)25(28,29)30/h3-10,23,32-34H,11H2,1-2H3,(H,31,35). The van der Waals surface area contributed by atoms with Crippen molar-refractivity contribution in [2.24, 2.45) is 0 Å². The van der Waals surface area contributed by atoms with E-state index in [0.29, 0.717) is 23.4 Å². The maximum atomic E-state index is 14.3. The Morgan fingerprint density at radius 1 is 1.14 bits per heavy atom. The van der Waals surface area contributed by atoms with E-state index in [0.717, 1.165) is 6.07 Å².